The topological polar surface area (TPSA) is 91.9 Å². The molecule has 1 amide bonds. The van der Waals surface area contributed by atoms with Crippen molar-refractivity contribution in [2.45, 2.75) is 50.6 Å². The molecule has 0 radical (unpaired) electrons. The normalized spacial score (nSPS) is 21.1. The molecule has 162 valence electrons. The molecule has 3 heterocycles. The van der Waals surface area contributed by atoms with E-state index in [1.807, 2.05) is 24.4 Å². The molecule has 8 heteroatoms. The van der Waals surface area contributed by atoms with Gasteiger partial charge in [0.25, 0.3) is 0 Å². The SMILES string of the molecule is COc1cnc2[nH]cc(-c3cc(Cl)nc(NC4CCC(NC(=O)C5CC5)CC4)c3)c2c1. The van der Waals surface area contributed by atoms with E-state index in [1.54, 1.807) is 13.3 Å². The van der Waals surface area contributed by atoms with Crippen LogP contribution in [-0.4, -0.2) is 40.1 Å². The van der Waals surface area contributed by atoms with Gasteiger partial charge in [0, 0.05) is 35.1 Å². The van der Waals surface area contributed by atoms with Gasteiger partial charge >= 0.3 is 0 Å². The molecule has 3 aromatic rings. The molecule has 5 rings (SSSR count). The van der Waals surface area contributed by atoms with Gasteiger partial charge < -0.3 is 20.4 Å². The van der Waals surface area contributed by atoms with Crippen molar-refractivity contribution < 1.29 is 9.53 Å². The van der Waals surface area contributed by atoms with Gasteiger partial charge in [0.15, 0.2) is 0 Å². The smallest absolute Gasteiger partial charge is 0.223 e. The lowest BCUT2D eigenvalue weighted by atomic mass is 9.91. The number of methoxy groups -OCH3 is 1. The van der Waals surface area contributed by atoms with E-state index in [0.717, 1.165) is 66.5 Å². The van der Waals surface area contributed by atoms with E-state index in [0.29, 0.717) is 23.0 Å². The average molecular weight is 440 g/mol. The molecule has 2 fully saturated rings. The predicted molar refractivity (Wildman–Crippen MR) is 121 cm³/mol. The molecule has 0 spiro atoms. The number of aromatic nitrogens is 3. The first-order chi connectivity index (χ1) is 15.1. The van der Waals surface area contributed by atoms with Crippen LogP contribution < -0.4 is 15.4 Å². The first-order valence-corrected chi connectivity index (χ1v) is 11.2. The first kappa shape index (κ1) is 20.1. The third kappa shape index (κ3) is 4.46. The van der Waals surface area contributed by atoms with Gasteiger partial charge in [0.1, 0.15) is 22.4 Å². The number of rotatable bonds is 6. The summed E-state index contributed by atoms with van der Waals surface area (Å²) in [6.45, 7) is 0. The van der Waals surface area contributed by atoms with Crippen LogP contribution >= 0.6 is 11.6 Å². The van der Waals surface area contributed by atoms with E-state index in [2.05, 4.69) is 25.6 Å². The van der Waals surface area contributed by atoms with Crippen LogP contribution in [0.1, 0.15) is 38.5 Å². The molecule has 0 bridgehead atoms. The molecule has 7 nitrogen and oxygen atoms in total. The van der Waals surface area contributed by atoms with Crippen LogP contribution in [0.5, 0.6) is 5.75 Å². The number of nitrogens with one attached hydrogen (secondary N) is 3. The number of carbonyl (C=O) groups is 1. The number of carbonyl (C=O) groups excluding carboxylic acids is 1. The third-order valence-electron chi connectivity index (χ3n) is 6.22. The second-order valence-corrected chi connectivity index (χ2v) is 8.90. The number of aromatic amines is 1. The first-order valence-electron chi connectivity index (χ1n) is 10.8. The van der Waals surface area contributed by atoms with Crippen molar-refractivity contribution in [2.75, 3.05) is 12.4 Å². The molecular weight excluding hydrogens is 414 g/mol. The number of nitrogens with zero attached hydrogens (tertiary/aromatic N) is 2. The number of anilines is 1. The molecule has 3 aromatic heterocycles. The standard InChI is InChI=1S/C23H26ClN5O2/c1-31-17-10-18-19(12-26-22(18)25-11-17)14-8-20(24)29-21(9-14)27-15-4-6-16(7-5-15)28-23(30)13-2-3-13/h8-13,15-16H,2-7H2,1H3,(H,25,26)(H,27,29)(H,28,30). The molecule has 2 saturated carbocycles. The van der Waals surface area contributed by atoms with Crippen molar-refractivity contribution in [3.05, 3.63) is 35.7 Å². The zero-order valence-corrected chi connectivity index (χ0v) is 18.2. The van der Waals surface area contributed by atoms with Crippen molar-refractivity contribution in [1.29, 1.82) is 0 Å². The number of fused-ring (bicyclic) bond motifs is 1. The van der Waals surface area contributed by atoms with Crippen LogP contribution in [-0.2, 0) is 4.79 Å². The largest absolute Gasteiger partial charge is 0.495 e. The van der Waals surface area contributed by atoms with Crippen molar-refractivity contribution in [3.8, 4) is 16.9 Å². The Morgan fingerprint density at radius 2 is 1.90 bits per heavy atom. The van der Waals surface area contributed by atoms with Crippen LogP contribution in [0.3, 0.4) is 0 Å². The lowest BCUT2D eigenvalue weighted by molar-refractivity contribution is -0.123. The van der Waals surface area contributed by atoms with E-state index >= 15 is 0 Å². The van der Waals surface area contributed by atoms with E-state index in [9.17, 15) is 4.79 Å². The summed E-state index contributed by atoms with van der Waals surface area (Å²) in [5.74, 6) is 1.97. The summed E-state index contributed by atoms with van der Waals surface area (Å²) in [7, 11) is 1.63. The van der Waals surface area contributed by atoms with Crippen molar-refractivity contribution >= 4 is 34.4 Å². The maximum Gasteiger partial charge on any atom is 0.223 e. The van der Waals surface area contributed by atoms with E-state index < -0.39 is 0 Å². The quantitative estimate of drug-likeness (QED) is 0.490. The van der Waals surface area contributed by atoms with Crippen molar-refractivity contribution in [1.82, 2.24) is 20.3 Å². The maximum absolute atomic E-state index is 12.0. The van der Waals surface area contributed by atoms with E-state index in [4.69, 9.17) is 16.3 Å². The van der Waals surface area contributed by atoms with Gasteiger partial charge in [0.05, 0.1) is 13.3 Å². The molecule has 0 saturated heterocycles. The van der Waals surface area contributed by atoms with Gasteiger partial charge in [-0.15, -0.1) is 0 Å². The third-order valence-corrected chi connectivity index (χ3v) is 6.41. The second kappa shape index (κ2) is 8.38. The zero-order chi connectivity index (χ0) is 21.4. The summed E-state index contributed by atoms with van der Waals surface area (Å²) in [4.78, 5) is 24.1. The molecular formula is C23H26ClN5O2. The Bertz CT molecular complexity index is 1100. The molecule has 0 aliphatic heterocycles. The van der Waals surface area contributed by atoms with E-state index in [1.165, 1.54) is 0 Å². The van der Waals surface area contributed by atoms with Crippen molar-refractivity contribution in [2.24, 2.45) is 5.92 Å². The highest BCUT2D eigenvalue weighted by Gasteiger charge is 2.32. The van der Waals surface area contributed by atoms with Gasteiger partial charge in [-0.05, 0) is 62.3 Å². The molecule has 3 N–H and O–H groups in total. The summed E-state index contributed by atoms with van der Waals surface area (Å²) < 4.78 is 5.33. The van der Waals surface area contributed by atoms with Crippen LogP contribution in [0.2, 0.25) is 5.15 Å². The fraction of sp³-hybridized carbons (Fsp3) is 0.435. The Morgan fingerprint density at radius 1 is 1.13 bits per heavy atom. The summed E-state index contributed by atoms with van der Waals surface area (Å²) in [5.41, 5.74) is 2.76. The number of amides is 1. The number of halogens is 1. The minimum absolute atomic E-state index is 0.238. The lowest BCUT2D eigenvalue weighted by Gasteiger charge is -2.30. The predicted octanol–water partition coefficient (Wildman–Crippen LogP) is 4.54. The number of ether oxygens (including phenoxy) is 1. The number of H-pyrrole nitrogens is 1. The van der Waals surface area contributed by atoms with Gasteiger partial charge in [-0.1, -0.05) is 11.6 Å². The Hall–Kier alpha value is -2.80. The van der Waals surface area contributed by atoms with Gasteiger partial charge in [-0.2, -0.15) is 0 Å². The zero-order valence-electron chi connectivity index (χ0n) is 17.5. The van der Waals surface area contributed by atoms with Crippen LogP contribution in [0, 0.1) is 5.92 Å². The van der Waals surface area contributed by atoms with Crippen LogP contribution in [0.25, 0.3) is 22.2 Å². The minimum Gasteiger partial charge on any atom is -0.495 e. The highest BCUT2D eigenvalue weighted by atomic mass is 35.5. The number of hydrogen-bond donors (Lipinski definition) is 3. The van der Waals surface area contributed by atoms with Crippen LogP contribution in [0.4, 0.5) is 5.82 Å². The Kier molecular flexibility index (Phi) is 5.44. The molecule has 0 aromatic carbocycles. The highest BCUT2D eigenvalue weighted by Crippen LogP contribution is 2.33. The number of hydrogen-bond acceptors (Lipinski definition) is 5. The minimum atomic E-state index is 0.238. The maximum atomic E-state index is 12.0. The summed E-state index contributed by atoms with van der Waals surface area (Å²) >= 11 is 6.36. The monoisotopic (exact) mass is 439 g/mol. The molecule has 2 aliphatic rings. The average Bonchev–Trinajstić information content (AvgIpc) is 3.54. The van der Waals surface area contributed by atoms with Gasteiger partial charge in [-0.25, -0.2) is 9.97 Å². The Labute approximate surface area is 185 Å². The fourth-order valence-electron chi connectivity index (χ4n) is 4.32. The van der Waals surface area contributed by atoms with Gasteiger partial charge in [0.2, 0.25) is 5.91 Å². The second-order valence-electron chi connectivity index (χ2n) is 8.51. The Morgan fingerprint density at radius 3 is 2.65 bits per heavy atom. The van der Waals surface area contributed by atoms with E-state index in [-0.39, 0.29) is 11.8 Å². The molecule has 2 aliphatic carbocycles. The van der Waals surface area contributed by atoms with Gasteiger partial charge in [-0.3, -0.25) is 4.79 Å². The molecule has 0 atom stereocenters. The molecule has 0 unspecified atom stereocenters. The summed E-state index contributed by atoms with van der Waals surface area (Å²) in [5, 5.41) is 8.16. The van der Waals surface area contributed by atoms with Crippen molar-refractivity contribution in [3.63, 3.8) is 0 Å². The number of pyridine rings is 2. The summed E-state index contributed by atoms with van der Waals surface area (Å²) in [6.07, 6.45) is 9.67. The molecule has 31 heavy (non-hydrogen) atoms. The Balaban J connectivity index is 1.29. The fourth-order valence-corrected chi connectivity index (χ4v) is 4.53. The lowest BCUT2D eigenvalue weighted by Crippen LogP contribution is -2.40. The van der Waals surface area contributed by atoms with Crippen LogP contribution in [0.15, 0.2) is 30.6 Å². The summed E-state index contributed by atoms with van der Waals surface area (Å²) in [6, 6.07) is 6.46. The highest BCUT2D eigenvalue weighted by molar-refractivity contribution is 6.29.